The zero-order valence-corrected chi connectivity index (χ0v) is 14.2. The number of carbonyl (C=O) groups excluding carboxylic acids is 1. The van der Waals surface area contributed by atoms with Crippen LogP contribution in [0.5, 0.6) is 5.75 Å². The van der Waals surface area contributed by atoms with Crippen molar-refractivity contribution in [1.82, 2.24) is 20.2 Å². The maximum absolute atomic E-state index is 12.9. The Hall–Kier alpha value is -3.14. The standard InChI is InChI=1S/C16H11ClF3N5O2/c17-14-5-4-10(6-13(14)16(18,19)20)22-15(26)8-27-12-3-1-2-11(7-12)25-9-21-23-24-25/h1-7,9H,8H2,(H,22,26). The van der Waals surface area contributed by atoms with Gasteiger partial charge >= 0.3 is 6.18 Å². The molecule has 0 saturated carbocycles. The van der Waals surface area contributed by atoms with Gasteiger partial charge in [-0.15, -0.1) is 5.10 Å². The first-order valence-corrected chi connectivity index (χ1v) is 7.83. The van der Waals surface area contributed by atoms with Crippen molar-refractivity contribution >= 4 is 23.2 Å². The normalized spacial score (nSPS) is 11.3. The summed E-state index contributed by atoms with van der Waals surface area (Å²) in [5, 5.41) is 12.7. The minimum absolute atomic E-state index is 0.0391. The molecule has 0 aliphatic heterocycles. The maximum atomic E-state index is 12.9. The van der Waals surface area contributed by atoms with Gasteiger partial charge in [0.05, 0.1) is 16.3 Å². The van der Waals surface area contributed by atoms with Crippen LogP contribution in [0.15, 0.2) is 48.8 Å². The molecule has 1 N–H and O–H groups in total. The molecular weight excluding hydrogens is 387 g/mol. The van der Waals surface area contributed by atoms with E-state index >= 15 is 0 Å². The van der Waals surface area contributed by atoms with Gasteiger partial charge in [0.25, 0.3) is 5.91 Å². The maximum Gasteiger partial charge on any atom is 0.417 e. The average Bonchev–Trinajstić information content (AvgIpc) is 3.16. The largest absolute Gasteiger partial charge is 0.484 e. The second-order valence-electron chi connectivity index (χ2n) is 5.28. The summed E-state index contributed by atoms with van der Waals surface area (Å²) in [6, 6.07) is 9.73. The summed E-state index contributed by atoms with van der Waals surface area (Å²) in [6.45, 7) is -0.400. The molecule has 1 aromatic heterocycles. The van der Waals surface area contributed by atoms with Crippen molar-refractivity contribution < 1.29 is 22.7 Å². The van der Waals surface area contributed by atoms with Crippen LogP contribution in [0.1, 0.15) is 5.56 Å². The molecule has 0 fully saturated rings. The second kappa shape index (κ2) is 7.62. The summed E-state index contributed by atoms with van der Waals surface area (Å²) in [7, 11) is 0. The number of carbonyl (C=O) groups is 1. The number of nitrogens with zero attached hydrogens (tertiary/aromatic N) is 4. The van der Waals surface area contributed by atoms with E-state index in [9.17, 15) is 18.0 Å². The van der Waals surface area contributed by atoms with E-state index in [4.69, 9.17) is 16.3 Å². The van der Waals surface area contributed by atoms with Crippen molar-refractivity contribution in [3.8, 4) is 11.4 Å². The van der Waals surface area contributed by atoms with Gasteiger partial charge in [0.1, 0.15) is 12.1 Å². The van der Waals surface area contributed by atoms with E-state index in [1.54, 1.807) is 24.3 Å². The lowest BCUT2D eigenvalue weighted by Crippen LogP contribution is -2.20. The van der Waals surface area contributed by atoms with E-state index in [2.05, 4.69) is 20.8 Å². The second-order valence-corrected chi connectivity index (χ2v) is 5.69. The van der Waals surface area contributed by atoms with Crippen LogP contribution < -0.4 is 10.1 Å². The number of anilines is 1. The molecule has 0 radical (unpaired) electrons. The highest BCUT2D eigenvalue weighted by Crippen LogP contribution is 2.36. The van der Waals surface area contributed by atoms with E-state index in [0.29, 0.717) is 11.4 Å². The lowest BCUT2D eigenvalue weighted by molar-refractivity contribution is -0.137. The summed E-state index contributed by atoms with van der Waals surface area (Å²) in [5.41, 5.74) is -0.453. The number of halogens is 4. The van der Waals surface area contributed by atoms with Crippen LogP contribution in [0.25, 0.3) is 5.69 Å². The molecular formula is C16H11ClF3N5O2. The van der Waals surface area contributed by atoms with Crippen LogP contribution in [-0.2, 0) is 11.0 Å². The van der Waals surface area contributed by atoms with Gasteiger partial charge in [0.2, 0.25) is 0 Å². The molecule has 0 atom stereocenters. The molecule has 3 aromatic rings. The molecule has 7 nitrogen and oxygen atoms in total. The van der Waals surface area contributed by atoms with Crippen molar-refractivity contribution in [1.29, 1.82) is 0 Å². The third-order valence-corrected chi connectivity index (χ3v) is 3.69. The Kier molecular flexibility index (Phi) is 5.26. The number of aromatic nitrogens is 4. The zero-order chi connectivity index (χ0) is 19.4. The van der Waals surface area contributed by atoms with Crippen molar-refractivity contribution in [3.05, 3.63) is 59.4 Å². The fourth-order valence-electron chi connectivity index (χ4n) is 2.16. The van der Waals surface area contributed by atoms with E-state index in [-0.39, 0.29) is 5.69 Å². The van der Waals surface area contributed by atoms with Gasteiger partial charge in [-0.05, 0) is 40.8 Å². The quantitative estimate of drug-likeness (QED) is 0.714. The number of ether oxygens (including phenoxy) is 1. The van der Waals surface area contributed by atoms with E-state index in [1.807, 2.05) is 0 Å². The van der Waals surface area contributed by atoms with Gasteiger partial charge in [-0.1, -0.05) is 17.7 Å². The highest BCUT2D eigenvalue weighted by molar-refractivity contribution is 6.31. The molecule has 0 bridgehead atoms. The summed E-state index contributed by atoms with van der Waals surface area (Å²) in [6.07, 6.45) is -3.23. The molecule has 0 unspecified atom stereocenters. The Morgan fingerprint density at radius 3 is 2.74 bits per heavy atom. The summed E-state index contributed by atoms with van der Waals surface area (Å²) in [4.78, 5) is 12.0. The van der Waals surface area contributed by atoms with Gasteiger partial charge in [-0.3, -0.25) is 4.79 Å². The fraction of sp³-hybridized carbons (Fsp3) is 0.125. The first-order chi connectivity index (χ1) is 12.8. The molecule has 0 aliphatic carbocycles. The molecule has 0 saturated heterocycles. The van der Waals surface area contributed by atoms with Crippen LogP contribution >= 0.6 is 11.6 Å². The Morgan fingerprint density at radius 2 is 2.04 bits per heavy atom. The van der Waals surface area contributed by atoms with Crippen LogP contribution in [0, 0.1) is 0 Å². The van der Waals surface area contributed by atoms with Crippen molar-refractivity contribution in [3.63, 3.8) is 0 Å². The number of rotatable bonds is 5. The molecule has 2 aromatic carbocycles. The number of alkyl halides is 3. The highest BCUT2D eigenvalue weighted by atomic mass is 35.5. The molecule has 27 heavy (non-hydrogen) atoms. The average molecular weight is 398 g/mol. The third-order valence-electron chi connectivity index (χ3n) is 3.36. The zero-order valence-electron chi connectivity index (χ0n) is 13.4. The topological polar surface area (TPSA) is 81.9 Å². The summed E-state index contributed by atoms with van der Waals surface area (Å²) in [5.74, 6) is -0.261. The molecule has 11 heteroatoms. The monoisotopic (exact) mass is 397 g/mol. The number of nitrogens with one attached hydrogen (secondary N) is 1. The van der Waals surface area contributed by atoms with Crippen LogP contribution in [0.2, 0.25) is 5.02 Å². The van der Waals surface area contributed by atoms with Crippen LogP contribution in [-0.4, -0.2) is 32.7 Å². The summed E-state index contributed by atoms with van der Waals surface area (Å²) < 4.78 is 45.3. The number of tetrazole rings is 1. The lowest BCUT2D eigenvalue weighted by atomic mass is 10.2. The van der Waals surface area contributed by atoms with E-state index in [0.717, 1.165) is 12.1 Å². The Labute approximate surface area is 155 Å². The van der Waals surface area contributed by atoms with Gasteiger partial charge < -0.3 is 10.1 Å². The molecule has 1 amide bonds. The van der Waals surface area contributed by atoms with Gasteiger partial charge in [-0.25, -0.2) is 4.68 Å². The number of amides is 1. The van der Waals surface area contributed by atoms with E-state index in [1.165, 1.54) is 17.1 Å². The predicted molar refractivity (Wildman–Crippen MR) is 89.7 cm³/mol. The first-order valence-electron chi connectivity index (χ1n) is 7.46. The van der Waals surface area contributed by atoms with Crippen molar-refractivity contribution in [2.24, 2.45) is 0 Å². The molecule has 0 spiro atoms. The highest BCUT2D eigenvalue weighted by Gasteiger charge is 2.33. The molecule has 140 valence electrons. The molecule has 3 rings (SSSR count). The summed E-state index contributed by atoms with van der Waals surface area (Å²) >= 11 is 5.54. The smallest absolute Gasteiger partial charge is 0.417 e. The van der Waals surface area contributed by atoms with Gasteiger partial charge in [-0.2, -0.15) is 13.2 Å². The molecule has 1 heterocycles. The Balaban J connectivity index is 1.63. The van der Waals surface area contributed by atoms with Crippen molar-refractivity contribution in [2.75, 3.05) is 11.9 Å². The first kappa shape index (κ1) is 18.6. The predicted octanol–water partition coefficient (Wildman–Crippen LogP) is 3.35. The molecule has 0 aliphatic rings. The SMILES string of the molecule is O=C(COc1cccc(-n2cnnn2)c1)Nc1ccc(Cl)c(C(F)(F)F)c1. The number of hydrogen-bond acceptors (Lipinski definition) is 5. The van der Waals surface area contributed by atoms with Gasteiger partial charge in [0, 0.05) is 11.8 Å². The number of benzene rings is 2. The Morgan fingerprint density at radius 1 is 1.22 bits per heavy atom. The number of hydrogen-bond donors (Lipinski definition) is 1. The third kappa shape index (κ3) is 4.73. The fourth-order valence-corrected chi connectivity index (χ4v) is 2.39. The minimum Gasteiger partial charge on any atom is -0.484 e. The minimum atomic E-state index is -4.62. The van der Waals surface area contributed by atoms with Crippen molar-refractivity contribution in [2.45, 2.75) is 6.18 Å². The lowest BCUT2D eigenvalue weighted by Gasteiger charge is -2.12. The van der Waals surface area contributed by atoms with Crippen LogP contribution in [0.3, 0.4) is 0 Å². The Bertz CT molecular complexity index is 947. The van der Waals surface area contributed by atoms with Crippen LogP contribution in [0.4, 0.5) is 18.9 Å². The van der Waals surface area contributed by atoms with Gasteiger partial charge in [0.15, 0.2) is 6.61 Å². The van der Waals surface area contributed by atoms with E-state index < -0.39 is 29.3 Å².